The van der Waals surface area contributed by atoms with Crippen LogP contribution in [0.1, 0.15) is 49.9 Å². The molecule has 1 saturated carbocycles. The standard InChI is InChI=1S/C24H34FN3O4/c1-24(2)16-32-9-8-28(24)22(29)15-26-13-17-4-6-18(7-5-17)14-27-23(30)19-10-20(25)12-21(11-19)31-3/h10-13,17-18H,4-9,14-16H2,1-3H3,(H,27,30)/b26-13-/t17-,18-. The van der Waals surface area contributed by atoms with E-state index in [9.17, 15) is 14.0 Å². The van der Waals surface area contributed by atoms with Gasteiger partial charge in [-0.05, 0) is 63.5 Å². The molecule has 0 bridgehead atoms. The molecule has 0 atom stereocenters. The van der Waals surface area contributed by atoms with Crippen molar-refractivity contribution in [2.45, 2.75) is 45.1 Å². The summed E-state index contributed by atoms with van der Waals surface area (Å²) in [4.78, 5) is 31.2. The van der Waals surface area contributed by atoms with Crippen molar-refractivity contribution in [3.63, 3.8) is 0 Å². The third kappa shape index (κ3) is 6.51. The summed E-state index contributed by atoms with van der Waals surface area (Å²) in [5.41, 5.74) is -0.0277. The Balaban J connectivity index is 1.39. The van der Waals surface area contributed by atoms with E-state index in [-0.39, 0.29) is 29.5 Å². The largest absolute Gasteiger partial charge is 0.497 e. The number of morpholine rings is 1. The van der Waals surface area contributed by atoms with Gasteiger partial charge in [0.2, 0.25) is 5.91 Å². The average molecular weight is 448 g/mol. The Morgan fingerprint density at radius 3 is 2.72 bits per heavy atom. The van der Waals surface area contributed by atoms with Crippen LogP contribution in [-0.4, -0.2) is 68.4 Å². The first kappa shape index (κ1) is 24.2. The van der Waals surface area contributed by atoms with Crippen LogP contribution in [0, 0.1) is 17.7 Å². The summed E-state index contributed by atoms with van der Waals surface area (Å²) in [6.07, 6.45) is 5.85. The molecule has 1 N–H and O–H groups in total. The molecule has 2 fully saturated rings. The lowest BCUT2D eigenvalue weighted by atomic mass is 9.82. The number of nitrogens with zero attached hydrogens (tertiary/aromatic N) is 2. The Labute approximate surface area is 189 Å². The van der Waals surface area contributed by atoms with Gasteiger partial charge in [0.25, 0.3) is 5.91 Å². The van der Waals surface area contributed by atoms with Crippen LogP contribution in [-0.2, 0) is 9.53 Å². The van der Waals surface area contributed by atoms with Gasteiger partial charge in [-0.1, -0.05) is 0 Å². The van der Waals surface area contributed by atoms with Crippen LogP contribution < -0.4 is 10.1 Å². The van der Waals surface area contributed by atoms with Gasteiger partial charge >= 0.3 is 0 Å². The first-order valence-electron chi connectivity index (χ1n) is 11.3. The molecule has 2 amide bonds. The molecule has 8 heteroatoms. The first-order valence-corrected chi connectivity index (χ1v) is 11.3. The fourth-order valence-corrected chi connectivity index (χ4v) is 4.38. The van der Waals surface area contributed by atoms with Crippen LogP contribution in [0.15, 0.2) is 23.2 Å². The normalized spacial score (nSPS) is 23.2. The number of benzene rings is 1. The predicted molar refractivity (Wildman–Crippen MR) is 121 cm³/mol. The lowest BCUT2D eigenvalue weighted by molar-refractivity contribution is -0.144. The molecule has 3 rings (SSSR count). The number of halogens is 1. The van der Waals surface area contributed by atoms with Gasteiger partial charge in [0.1, 0.15) is 18.1 Å². The van der Waals surface area contributed by atoms with Crippen molar-refractivity contribution in [3.05, 3.63) is 29.6 Å². The molecule has 1 aliphatic carbocycles. The summed E-state index contributed by atoms with van der Waals surface area (Å²) in [6.45, 7) is 6.50. The van der Waals surface area contributed by atoms with Gasteiger partial charge in [0, 0.05) is 30.9 Å². The van der Waals surface area contributed by atoms with Gasteiger partial charge < -0.3 is 19.7 Å². The first-order chi connectivity index (χ1) is 15.3. The molecule has 0 spiro atoms. The lowest BCUT2D eigenvalue weighted by Gasteiger charge is -2.41. The minimum Gasteiger partial charge on any atom is -0.497 e. The highest BCUT2D eigenvalue weighted by Crippen LogP contribution is 2.27. The van der Waals surface area contributed by atoms with E-state index in [4.69, 9.17) is 9.47 Å². The van der Waals surface area contributed by atoms with Gasteiger partial charge in [0.05, 0.1) is 25.9 Å². The van der Waals surface area contributed by atoms with E-state index in [0.717, 1.165) is 25.7 Å². The van der Waals surface area contributed by atoms with Gasteiger partial charge in [-0.2, -0.15) is 0 Å². The Morgan fingerprint density at radius 2 is 2.03 bits per heavy atom. The molecule has 1 aromatic rings. The van der Waals surface area contributed by atoms with Crippen LogP contribution in [0.25, 0.3) is 0 Å². The molecule has 0 unspecified atom stereocenters. The molecule has 0 aromatic heterocycles. The van der Waals surface area contributed by atoms with Crippen LogP contribution in [0.4, 0.5) is 4.39 Å². The van der Waals surface area contributed by atoms with Gasteiger partial charge in [-0.25, -0.2) is 4.39 Å². The summed E-state index contributed by atoms with van der Waals surface area (Å²) >= 11 is 0. The molecule has 7 nitrogen and oxygen atoms in total. The molecule has 32 heavy (non-hydrogen) atoms. The number of hydrogen-bond acceptors (Lipinski definition) is 5. The minimum absolute atomic E-state index is 0.0416. The maximum atomic E-state index is 13.6. The van der Waals surface area contributed by atoms with E-state index in [1.807, 2.05) is 25.0 Å². The fourth-order valence-electron chi connectivity index (χ4n) is 4.38. The van der Waals surface area contributed by atoms with Crippen molar-refractivity contribution in [1.82, 2.24) is 10.2 Å². The number of ether oxygens (including phenoxy) is 2. The number of hydrogen-bond donors (Lipinski definition) is 1. The van der Waals surface area contributed by atoms with E-state index in [1.54, 1.807) is 0 Å². The zero-order chi connectivity index (χ0) is 23.1. The predicted octanol–water partition coefficient (Wildman–Crippen LogP) is 3.08. The van der Waals surface area contributed by atoms with Crippen molar-refractivity contribution >= 4 is 18.0 Å². The van der Waals surface area contributed by atoms with E-state index in [0.29, 0.717) is 43.9 Å². The maximum Gasteiger partial charge on any atom is 0.251 e. The number of amides is 2. The van der Waals surface area contributed by atoms with E-state index in [2.05, 4.69) is 10.3 Å². The summed E-state index contributed by atoms with van der Waals surface area (Å²) < 4.78 is 24.1. The minimum atomic E-state index is -0.495. The Morgan fingerprint density at radius 1 is 1.28 bits per heavy atom. The van der Waals surface area contributed by atoms with E-state index < -0.39 is 5.82 Å². The highest BCUT2D eigenvalue weighted by Gasteiger charge is 2.33. The SMILES string of the molecule is COc1cc(F)cc(C(=O)NC[C@H]2CC[C@H](/C=N\CC(=O)N3CCOCC3(C)C)CC2)c1. The molecule has 0 radical (unpaired) electrons. The molecular formula is C24H34FN3O4. The third-order valence-electron chi connectivity index (χ3n) is 6.30. The van der Waals surface area contributed by atoms with Crippen LogP contribution >= 0.6 is 0 Å². The van der Waals surface area contributed by atoms with Gasteiger partial charge in [0.15, 0.2) is 0 Å². The zero-order valence-corrected chi connectivity index (χ0v) is 19.2. The average Bonchev–Trinajstić information content (AvgIpc) is 2.77. The molecular weight excluding hydrogens is 413 g/mol. The summed E-state index contributed by atoms with van der Waals surface area (Å²) in [7, 11) is 1.44. The molecule has 176 valence electrons. The number of carbonyl (C=O) groups is 2. The smallest absolute Gasteiger partial charge is 0.251 e. The highest BCUT2D eigenvalue weighted by molar-refractivity contribution is 5.94. The second kappa shape index (κ2) is 10.9. The number of aliphatic imine (C=N–C) groups is 1. The fraction of sp³-hybridized carbons (Fsp3) is 0.625. The zero-order valence-electron chi connectivity index (χ0n) is 19.2. The summed E-state index contributed by atoms with van der Waals surface area (Å²) in [5.74, 6) is 0.321. The number of carbonyl (C=O) groups excluding carboxylic acids is 2. The number of methoxy groups -OCH3 is 1. The Kier molecular flexibility index (Phi) is 8.23. The summed E-state index contributed by atoms with van der Waals surface area (Å²) in [6, 6.07) is 3.99. The third-order valence-corrected chi connectivity index (χ3v) is 6.30. The molecule has 1 aromatic carbocycles. The topological polar surface area (TPSA) is 80.2 Å². The maximum absolute atomic E-state index is 13.6. The molecule has 1 saturated heterocycles. The van der Waals surface area contributed by atoms with Crippen molar-refractivity contribution in [3.8, 4) is 5.75 Å². The Bertz CT molecular complexity index is 835. The second-order valence-electron chi connectivity index (χ2n) is 9.27. The summed E-state index contributed by atoms with van der Waals surface area (Å²) in [5, 5.41) is 2.91. The van der Waals surface area contributed by atoms with E-state index >= 15 is 0 Å². The monoisotopic (exact) mass is 447 g/mol. The quantitative estimate of drug-likeness (QED) is 0.652. The van der Waals surface area contributed by atoms with Crippen LogP contribution in [0.2, 0.25) is 0 Å². The highest BCUT2D eigenvalue weighted by atomic mass is 19.1. The molecule has 1 heterocycles. The van der Waals surface area contributed by atoms with Gasteiger partial charge in [-0.3, -0.25) is 14.6 Å². The van der Waals surface area contributed by atoms with Gasteiger partial charge in [-0.15, -0.1) is 0 Å². The van der Waals surface area contributed by atoms with E-state index in [1.165, 1.54) is 25.3 Å². The van der Waals surface area contributed by atoms with Crippen LogP contribution in [0.3, 0.4) is 0 Å². The second-order valence-corrected chi connectivity index (χ2v) is 9.27. The van der Waals surface area contributed by atoms with Crippen molar-refractivity contribution in [2.24, 2.45) is 16.8 Å². The lowest BCUT2D eigenvalue weighted by Crippen LogP contribution is -2.56. The Hall–Kier alpha value is -2.48. The number of nitrogens with one attached hydrogen (secondary N) is 1. The molecule has 1 aliphatic heterocycles. The van der Waals surface area contributed by atoms with Crippen molar-refractivity contribution in [1.29, 1.82) is 0 Å². The molecule has 2 aliphatic rings. The van der Waals surface area contributed by atoms with Crippen molar-refractivity contribution in [2.75, 3.05) is 40.0 Å². The van der Waals surface area contributed by atoms with Crippen LogP contribution in [0.5, 0.6) is 5.75 Å². The van der Waals surface area contributed by atoms with Crippen molar-refractivity contribution < 1.29 is 23.5 Å². The number of rotatable bonds is 7.